The largest absolute Gasteiger partial charge is 0.463 e. The highest BCUT2D eigenvalue weighted by molar-refractivity contribution is 5.82. The van der Waals surface area contributed by atoms with Crippen LogP contribution >= 0.6 is 0 Å². The van der Waals surface area contributed by atoms with Gasteiger partial charge in [0.25, 0.3) is 0 Å². The number of ether oxygens (including phenoxy) is 1. The quantitative estimate of drug-likeness (QED) is 0.514. The maximum absolute atomic E-state index is 10.9. The third-order valence-corrected chi connectivity index (χ3v) is 1.23. The first-order chi connectivity index (χ1) is 5.56. The fraction of sp³-hybridized carbons (Fsp3) is 0.667. The van der Waals surface area contributed by atoms with Gasteiger partial charge in [-0.3, -0.25) is 0 Å². The molecule has 0 radical (unpaired) electrons. The maximum Gasteiger partial charge on any atom is 0.332 e. The third kappa shape index (κ3) is 5.77. The van der Waals surface area contributed by atoms with Crippen LogP contribution in [0.5, 0.6) is 0 Å². The zero-order chi connectivity index (χ0) is 9.56. The van der Waals surface area contributed by atoms with Crippen LogP contribution in [-0.2, 0) is 9.53 Å². The van der Waals surface area contributed by atoms with Crippen LogP contribution in [0.4, 0.5) is 0 Å². The second-order valence-electron chi connectivity index (χ2n) is 3.07. The molecule has 0 rings (SSSR count). The highest BCUT2D eigenvalue weighted by atomic mass is 16.5. The number of rotatable bonds is 4. The predicted octanol–water partition coefficient (Wildman–Crippen LogP) is 1.44. The molecule has 0 heterocycles. The summed E-state index contributed by atoms with van der Waals surface area (Å²) in [4.78, 5) is 10.9. The van der Waals surface area contributed by atoms with Gasteiger partial charge >= 0.3 is 5.97 Å². The monoisotopic (exact) mass is 171 g/mol. The van der Waals surface area contributed by atoms with Crippen LogP contribution < -0.4 is 5.73 Å². The van der Waals surface area contributed by atoms with E-state index in [0.29, 0.717) is 18.2 Å². The average Bonchev–Trinajstić information content (AvgIpc) is 1.84. The zero-order valence-corrected chi connectivity index (χ0v) is 7.96. The van der Waals surface area contributed by atoms with Crippen LogP contribution in [0.3, 0.4) is 0 Å². The van der Waals surface area contributed by atoms with Crippen molar-refractivity contribution in [2.24, 2.45) is 11.7 Å². The molecule has 0 saturated heterocycles. The number of hydrogen-bond donors (Lipinski definition) is 1. The molecule has 0 amide bonds. The minimum absolute atomic E-state index is 0.351. The van der Waals surface area contributed by atoms with E-state index in [2.05, 4.69) is 0 Å². The van der Waals surface area contributed by atoms with Crippen molar-refractivity contribution in [1.29, 1.82) is 0 Å². The number of carbonyl (C=O) groups excluding carboxylic acids is 1. The summed E-state index contributed by atoms with van der Waals surface area (Å²) < 4.78 is 4.70. The minimum atomic E-state index is -0.351. The first kappa shape index (κ1) is 11.0. The summed E-state index contributed by atoms with van der Waals surface area (Å²) >= 11 is 0. The van der Waals surface area contributed by atoms with Crippen molar-refractivity contribution < 1.29 is 9.53 Å². The van der Waals surface area contributed by atoms with E-state index in [1.54, 1.807) is 6.92 Å². The van der Waals surface area contributed by atoms with Crippen molar-refractivity contribution in [3.05, 3.63) is 11.8 Å². The summed E-state index contributed by atoms with van der Waals surface area (Å²) in [5, 5.41) is 0. The van der Waals surface area contributed by atoms with Crippen molar-refractivity contribution in [2.75, 3.05) is 6.61 Å². The van der Waals surface area contributed by atoms with Gasteiger partial charge in [-0.1, -0.05) is 13.8 Å². The Labute approximate surface area is 73.6 Å². The molecule has 3 heteroatoms. The lowest BCUT2D eigenvalue weighted by molar-refractivity contribution is -0.137. The standard InChI is InChI=1S/C9H17NO2/c1-4-12-9(11)6-8(10)5-7(2)3/h6-7H,4-5,10H2,1-3H3/b8-6-. The molecule has 2 N–H and O–H groups in total. The van der Waals surface area contributed by atoms with Gasteiger partial charge in [-0.25, -0.2) is 4.79 Å². The molecule has 70 valence electrons. The number of carbonyl (C=O) groups is 1. The molecule has 0 fully saturated rings. The molecule has 0 unspecified atom stereocenters. The van der Waals surface area contributed by atoms with Crippen LogP contribution in [0.2, 0.25) is 0 Å². The summed E-state index contributed by atoms with van der Waals surface area (Å²) in [5.74, 6) is 0.117. The Morgan fingerprint density at radius 3 is 2.58 bits per heavy atom. The fourth-order valence-corrected chi connectivity index (χ4v) is 0.866. The summed E-state index contributed by atoms with van der Waals surface area (Å²) in [6.07, 6.45) is 2.09. The van der Waals surface area contributed by atoms with Gasteiger partial charge in [0.15, 0.2) is 0 Å². The molecule has 12 heavy (non-hydrogen) atoms. The van der Waals surface area contributed by atoms with E-state index < -0.39 is 0 Å². The molecule has 0 saturated carbocycles. The molecule has 0 aliphatic carbocycles. The van der Waals surface area contributed by atoms with Crippen molar-refractivity contribution in [3.63, 3.8) is 0 Å². The zero-order valence-electron chi connectivity index (χ0n) is 7.96. The molecule has 0 bridgehead atoms. The van der Waals surface area contributed by atoms with Crippen LogP contribution in [-0.4, -0.2) is 12.6 Å². The predicted molar refractivity (Wildman–Crippen MR) is 48.4 cm³/mol. The Morgan fingerprint density at radius 1 is 1.58 bits per heavy atom. The molecule has 0 aliphatic rings. The van der Waals surface area contributed by atoms with E-state index in [4.69, 9.17) is 10.5 Å². The van der Waals surface area contributed by atoms with Crippen molar-refractivity contribution >= 4 is 5.97 Å². The topological polar surface area (TPSA) is 52.3 Å². The lowest BCUT2D eigenvalue weighted by Gasteiger charge is -2.03. The van der Waals surface area contributed by atoms with E-state index in [9.17, 15) is 4.79 Å². The van der Waals surface area contributed by atoms with Crippen molar-refractivity contribution in [3.8, 4) is 0 Å². The van der Waals surface area contributed by atoms with Crippen LogP contribution in [0, 0.1) is 5.92 Å². The highest BCUT2D eigenvalue weighted by Crippen LogP contribution is 2.04. The number of nitrogens with two attached hydrogens (primary N) is 1. The molecule has 0 spiro atoms. The third-order valence-electron chi connectivity index (χ3n) is 1.23. The average molecular weight is 171 g/mol. The minimum Gasteiger partial charge on any atom is -0.463 e. The second kappa shape index (κ2) is 5.63. The van der Waals surface area contributed by atoms with Crippen LogP contribution in [0.25, 0.3) is 0 Å². The number of hydrogen-bond acceptors (Lipinski definition) is 3. The van der Waals surface area contributed by atoms with Gasteiger partial charge in [0, 0.05) is 11.8 Å². The highest BCUT2D eigenvalue weighted by Gasteiger charge is 2.00. The normalized spacial score (nSPS) is 11.8. The first-order valence-electron chi connectivity index (χ1n) is 4.19. The van der Waals surface area contributed by atoms with E-state index >= 15 is 0 Å². The lowest BCUT2D eigenvalue weighted by Crippen LogP contribution is -2.07. The van der Waals surface area contributed by atoms with Gasteiger partial charge in [-0.2, -0.15) is 0 Å². The van der Waals surface area contributed by atoms with Crippen molar-refractivity contribution in [1.82, 2.24) is 0 Å². The number of esters is 1. The maximum atomic E-state index is 10.9. The van der Waals surface area contributed by atoms with E-state index in [1.165, 1.54) is 6.08 Å². The smallest absolute Gasteiger partial charge is 0.332 e. The Balaban J connectivity index is 3.89. The number of allylic oxidation sites excluding steroid dienone is 1. The Hall–Kier alpha value is -0.990. The Kier molecular flexibility index (Phi) is 5.17. The Morgan fingerprint density at radius 2 is 2.17 bits per heavy atom. The van der Waals surface area contributed by atoms with Gasteiger partial charge in [-0.05, 0) is 19.3 Å². The molecular formula is C9H17NO2. The molecule has 0 aromatic rings. The SMILES string of the molecule is CCOC(=O)/C=C(\N)CC(C)C. The van der Waals surface area contributed by atoms with E-state index in [0.717, 1.165) is 6.42 Å². The first-order valence-corrected chi connectivity index (χ1v) is 4.19. The molecule has 3 nitrogen and oxygen atoms in total. The fourth-order valence-electron chi connectivity index (χ4n) is 0.866. The second-order valence-corrected chi connectivity index (χ2v) is 3.07. The van der Waals surface area contributed by atoms with Gasteiger partial charge in [0.2, 0.25) is 0 Å². The Bertz CT molecular complexity index is 173. The van der Waals surface area contributed by atoms with Crippen molar-refractivity contribution in [2.45, 2.75) is 27.2 Å². The summed E-state index contributed by atoms with van der Waals surface area (Å²) in [6.45, 7) is 6.26. The lowest BCUT2D eigenvalue weighted by atomic mass is 10.1. The summed E-state index contributed by atoms with van der Waals surface area (Å²) in [6, 6.07) is 0. The van der Waals surface area contributed by atoms with Gasteiger partial charge < -0.3 is 10.5 Å². The molecule has 0 aromatic heterocycles. The molecule has 0 aromatic carbocycles. The molecule has 0 atom stereocenters. The molecule has 0 aliphatic heterocycles. The molecular weight excluding hydrogens is 154 g/mol. The van der Waals surface area contributed by atoms with Gasteiger partial charge in [0.1, 0.15) is 0 Å². The van der Waals surface area contributed by atoms with E-state index in [1.807, 2.05) is 13.8 Å². The van der Waals surface area contributed by atoms with Gasteiger partial charge in [-0.15, -0.1) is 0 Å². The van der Waals surface area contributed by atoms with Crippen LogP contribution in [0.15, 0.2) is 11.8 Å². The van der Waals surface area contributed by atoms with Gasteiger partial charge in [0.05, 0.1) is 6.61 Å². The summed E-state index contributed by atoms with van der Waals surface area (Å²) in [5.41, 5.74) is 6.15. The van der Waals surface area contributed by atoms with E-state index in [-0.39, 0.29) is 5.97 Å². The summed E-state index contributed by atoms with van der Waals surface area (Å²) in [7, 11) is 0. The van der Waals surface area contributed by atoms with Crippen LogP contribution in [0.1, 0.15) is 27.2 Å².